The predicted octanol–water partition coefficient (Wildman–Crippen LogP) is 1.01. The van der Waals surface area contributed by atoms with Crippen LogP contribution in [0.25, 0.3) is 0 Å². The van der Waals surface area contributed by atoms with Gasteiger partial charge in [-0.15, -0.1) is 0 Å². The second-order valence-corrected chi connectivity index (χ2v) is 4.99. The molecule has 1 aromatic rings. The van der Waals surface area contributed by atoms with Crippen LogP contribution in [0.1, 0.15) is 36.6 Å². The molecule has 1 aliphatic heterocycles. The van der Waals surface area contributed by atoms with Gasteiger partial charge in [-0.3, -0.25) is 4.79 Å². The van der Waals surface area contributed by atoms with Crippen LogP contribution in [0.3, 0.4) is 0 Å². The lowest BCUT2D eigenvalue weighted by Gasteiger charge is -2.09. The lowest BCUT2D eigenvalue weighted by Crippen LogP contribution is -2.30. The van der Waals surface area contributed by atoms with E-state index in [1.165, 1.54) is 12.8 Å². The molecule has 1 aliphatic carbocycles. The largest absolute Gasteiger partial charge is 0.381 e. The molecule has 96 valence electrons. The number of hydrogen-bond acceptors (Lipinski definition) is 4. The summed E-state index contributed by atoms with van der Waals surface area (Å²) in [5.74, 6) is 0.694. The van der Waals surface area contributed by atoms with Crippen molar-refractivity contribution in [2.45, 2.75) is 31.7 Å². The fourth-order valence-electron chi connectivity index (χ4n) is 2.18. The highest BCUT2D eigenvalue weighted by Crippen LogP contribution is 2.38. The first kappa shape index (κ1) is 11.6. The first-order chi connectivity index (χ1) is 8.83. The van der Waals surface area contributed by atoms with Gasteiger partial charge in [0.1, 0.15) is 6.33 Å². The van der Waals surface area contributed by atoms with Gasteiger partial charge >= 0.3 is 0 Å². The molecule has 1 atom stereocenters. The van der Waals surface area contributed by atoms with Crippen molar-refractivity contribution in [3.05, 3.63) is 23.8 Å². The molecule has 18 heavy (non-hydrogen) atoms. The van der Waals surface area contributed by atoms with Crippen molar-refractivity contribution in [3.8, 4) is 0 Å². The maximum absolute atomic E-state index is 11.8. The van der Waals surface area contributed by atoms with E-state index in [1.54, 1.807) is 6.33 Å². The monoisotopic (exact) mass is 247 g/mol. The van der Waals surface area contributed by atoms with Crippen molar-refractivity contribution >= 4 is 5.91 Å². The SMILES string of the molecule is O=C(NCc1cc(C2CC2)ncn1)C1CCOC1. The van der Waals surface area contributed by atoms with Crippen LogP contribution in [0, 0.1) is 5.92 Å². The summed E-state index contributed by atoms with van der Waals surface area (Å²) in [5, 5.41) is 2.92. The fourth-order valence-corrected chi connectivity index (χ4v) is 2.18. The number of carbonyl (C=O) groups excluding carboxylic acids is 1. The molecule has 1 saturated heterocycles. The fraction of sp³-hybridized carbons (Fsp3) is 0.615. The average Bonchev–Trinajstić information content (AvgIpc) is 3.11. The van der Waals surface area contributed by atoms with Crippen LogP contribution < -0.4 is 5.32 Å². The Balaban J connectivity index is 1.55. The Morgan fingerprint density at radius 1 is 1.39 bits per heavy atom. The van der Waals surface area contributed by atoms with Gasteiger partial charge in [0.2, 0.25) is 5.91 Å². The quantitative estimate of drug-likeness (QED) is 0.862. The Morgan fingerprint density at radius 3 is 3.00 bits per heavy atom. The standard InChI is InChI=1S/C13H17N3O2/c17-13(10-3-4-18-7-10)14-6-11-5-12(9-1-2-9)16-8-15-11/h5,8-10H,1-4,6-7H2,(H,14,17). The number of carbonyl (C=O) groups is 1. The van der Waals surface area contributed by atoms with E-state index in [0.29, 0.717) is 25.7 Å². The summed E-state index contributed by atoms with van der Waals surface area (Å²) in [6.45, 7) is 1.72. The molecule has 0 aromatic carbocycles. The van der Waals surface area contributed by atoms with Crippen LogP contribution in [0.2, 0.25) is 0 Å². The van der Waals surface area contributed by atoms with Crippen LogP contribution in [-0.2, 0) is 16.1 Å². The van der Waals surface area contributed by atoms with Crippen molar-refractivity contribution in [1.82, 2.24) is 15.3 Å². The summed E-state index contributed by atoms with van der Waals surface area (Å²) >= 11 is 0. The van der Waals surface area contributed by atoms with Gasteiger partial charge < -0.3 is 10.1 Å². The maximum Gasteiger partial charge on any atom is 0.225 e. The molecule has 2 aliphatic rings. The molecule has 0 spiro atoms. The minimum Gasteiger partial charge on any atom is -0.381 e. The van der Waals surface area contributed by atoms with Crippen molar-refractivity contribution in [3.63, 3.8) is 0 Å². The van der Waals surface area contributed by atoms with Gasteiger partial charge in [-0.1, -0.05) is 0 Å². The third kappa shape index (κ3) is 2.67. The Kier molecular flexibility index (Phi) is 3.23. The van der Waals surface area contributed by atoms with Crippen molar-refractivity contribution in [2.24, 2.45) is 5.92 Å². The smallest absolute Gasteiger partial charge is 0.225 e. The summed E-state index contributed by atoms with van der Waals surface area (Å²) < 4.78 is 5.20. The second kappa shape index (κ2) is 5.02. The number of nitrogens with zero attached hydrogens (tertiary/aromatic N) is 2. The molecule has 1 saturated carbocycles. The van der Waals surface area contributed by atoms with E-state index in [4.69, 9.17) is 4.74 Å². The van der Waals surface area contributed by atoms with Gasteiger partial charge in [0.05, 0.1) is 24.8 Å². The lowest BCUT2D eigenvalue weighted by atomic mass is 10.1. The third-order valence-electron chi connectivity index (χ3n) is 3.48. The first-order valence-electron chi connectivity index (χ1n) is 6.49. The average molecular weight is 247 g/mol. The zero-order valence-electron chi connectivity index (χ0n) is 10.3. The molecule has 1 amide bonds. The number of rotatable bonds is 4. The molecule has 3 rings (SSSR count). The molecule has 0 bridgehead atoms. The van der Waals surface area contributed by atoms with Gasteiger partial charge in [-0.25, -0.2) is 9.97 Å². The molecule has 5 heteroatoms. The third-order valence-corrected chi connectivity index (χ3v) is 3.48. The Bertz CT molecular complexity index is 440. The second-order valence-electron chi connectivity index (χ2n) is 4.99. The van der Waals surface area contributed by atoms with E-state index in [0.717, 1.165) is 17.8 Å². The van der Waals surface area contributed by atoms with Crippen molar-refractivity contribution in [2.75, 3.05) is 13.2 Å². The molecule has 1 unspecified atom stereocenters. The molecular weight excluding hydrogens is 230 g/mol. The summed E-state index contributed by atoms with van der Waals surface area (Å²) in [7, 11) is 0. The molecule has 0 radical (unpaired) electrons. The Labute approximate surface area is 106 Å². The van der Waals surface area contributed by atoms with Crippen LogP contribution in [0.4, 0.5) is 0 Å². The summed E-state index contributed by atoms with van der Waals surface area (Å²) in [4.78, 5) is 20.3. The highest BCUT2D eigenvalue weighted by atomic mass is 16.5. The van der Waals surface area contributed by atoms with Crippen LogP contribution in [0.15, 0.2) is 12.4 Å². The highest BCUT2D eigenvalue weighted by molar-refractivity contribution is 5.78. The summed E-state index contributed by atoms with van der Waals surface area (Å²) in [6, 6.07) is 2.00. The van der Waals surface area contributed by atoms with E-state index >= 15 is 0 Å². The van der Waals surface area contributed by atoms with Crippen LogP contribution in [0.5, 0.6) is 0 Å². The summed E-state index contributed by atoms with van der Waals surface area (Å²) in [5.41, 5.74) is 2.00. The number of amides is 1. The number of nitrogens with one attached hydrogen (secondary N) is 1. The van der Waals surface area contributed by atoms with E-state index in [2.05, 4.69) is 15.3 Å². The molecule has 5 nitrogen and oxygen atoms in total. The lowest BCUT2D eigenvalue weighted by molar-refractivity contribution is -0.125. The zero-order valence-corrected chi connectivity index (χ0v) is 10.3. The van der Waals surface area contributed by atoms with Gasteiger partial charge in [0.25, 0.3) is 0 Å². The molecule has 2 fully saturated rings. The maximum atomic E-state index is 11.8. The highest BCUT2D eigenvalue weighted by Gasteiger charge is 2.26. The Hall–Kier alpha value is -1.49. The minimum atomic E-state index is 0.00902. The van der Waals surface area contributed by atoms with Gasteiger partial charge in [-0.05, 0) is 25.3 Å². The van der Waals surface area contributed by atoms with E-state index in [1.807, 2.05) is 6.07 Å². The predicted molar refractivity (Wildman–Crippen MR) is 64.8 cm³/mol. The molecule has 2 heterocycles. The van der Waals surface area contributed by atoms with Gasteiger partial charge in [-0.2, -0.15) is 0 Å². The van der Waals surface area contributed by atoms with Crippen LogP contribution in [-0.4, -0.2) is 29.1 Å². The summed E-state index contributed by atoms with van der Waals surface area (Å²) in [6.07, 6.45) is 4.86. The molecular formula is C13H17N3O2. The van der Waals surface area contributed by atoms with Crippen LogP contribution >= 0.6 is 0 Å². The number of hydrogen-bond donors (Lipinski definition) is 1. The van der Waals surface area contributed by atoms with Gasteiger partial charge in [0.15, 0.2) is 0 Å². The van der Waals surface area contributed by atoms with Gasteiger partial charge in [0, 0.05) is 18.2 Å². The molecule has 1 aromatic heterocycles. The van der Waals surface area contributed by atoms with E-state index < -0.39 is 0 Å². The topological polar surface area (TPSA) is 64.1 Å². The number of ether oxygens (including phenoxy) is 1. The van der Waals surface area contributed by atoms with E-state index in [-0.39, 0.29) is 11.8 Å². The Morgan fingerprint density at radius 2 is 2.28 bits per heavy atom. The first-order valence-corrected chi connectivity index (χ1v) is 6.49. The zero-order chi connectivity index (χ0) is 12.4. The minimum absolute atomic E-state index is 0.00902. The number of aromatic nitrogens is 2. The molecule has 1 N–H and O–H groups in total. The normalized spacial score (nSPS) is 23.0. The van der Waals surface area contributed by atoms with Crippen molar-refractivity contribution in [1.29, 1.82) is 0 Å². The van der Waals surface area contributed by atoms with Crippen molar-refractivity contribution < 1.29 is 9.53 Å². The van der Waals surface area contributed by atoms with E-state index in [9.17, 15) is 4.79 Å².